The van der Waals surface area contributed by atoms with Gasteiger partial charge in [0, 0.05) is 18.5 Å². The summed E-state index contributed by atoms with van der Waals surface area (Å²) in [4.78, 5) is 0. The molecule has 0 aliphatic rings. The second-order valence-electron chi connectivity index (χ2n) is 4.27. The van der Waals surface area contributed by atoms with Crippen molar-refractivity contribution in [1.29, 1.82) is 0 Å². The maximum atomic E-state index is 6.18. The number of benzene rings is 1. The van der Waals surface area contributed by atoms with E-state index < -0.39 is 0 Å². The summed E-state index contributed by atoms with van der Waals surface area (Å²) in [5.74, 6) is 0. The van der Waals surface area contributed by atoms with Crippen LogP contribution in [0, 0.1) is 0 Å². The zero-order valence-corrected chi connectivity index (χ0v) is 9.98. The largest absolute Gasteiger partial charge is 0.323 e. The van der Waals surface area contributed by atoms with Gasteiger partial charge >= 0.3 is 0 Å². The Bertz CT molecular complexity index is 473. The molecule has 1 unspecified atom stereocenters. The van der Waals surface area contributed by atoms with Crippen molar-refractivity contribution < 1.29 is 0 Å². The summed E-state index contributed by atoms with van der Waals surface area (Å²) >= 11 is 0. The fourth-order valence-corrected chi connectivity index (χ4v) is 2.08. The van der Waals surface area contributed by atoms with Crippen LogP contribution in [-0.2, 0) is 7.05 Å². The molecule has 0 spiro atoms. The molecule has 2 aromatic rings. The third-order valence-corrected chi connectivity index (χ3v) is 3.01. The minimum absolute atomic E-state index is 0.0612. The van der Waals surface area contributed by atoms with Crippen molar-refractivity contribution in [2.24, 2.45) is 12.8 Å². The minimum atomic E-state index is 0.0612. The first-order valence-electron chi connectivity index (χ1n) is 5.91. The topological polar surface area (TPSA) is 43.8 Å². The molecule has 0 saturated heterocycles. The number of unbranched alkanes of at least 4 members (excludes halogenated alkanes) is 1. The molecule has 3 heteroatoms. The van der Waals surface area contributed by atoms with E-state index in [0.717, 1.165) is 24.1 Å². The summed E-state index contributed by atoms with van der Waals surface area (Å²) in [5, 5.41) is 5.72. The molecule has 1 aromatic heterocycles. The van der Waals surface area contributed by atoms with Gasteiger partial charge in [-0.15, -0.1) is 0 Å². The first kappa shape index (κ1) is 11.1. The van der Waals surface area contributed by atoms with Crippen LogP contribution in [0.15, 0.2) is 24.3 Å². The summed E-state index contributed by atoms with van der Waals surface area (Å²) in [6, 6.07) is 8.32. The second-order valence-corrected chi connectivity index (χ2v) is 4.27. The number of nitrogens with zero attached hydrogens (tertiary/aromatic N) is 2. The van der Waals surface area contributed by atoms with Gasteiger partial charge in [-0.3, -0.25) is 4.68 Å². The number of hydrogen-bond donors (Lipinski definition) is 1. The first-order valence-corrected chi connectivity index (χ1v) is 5.91. The Labute approximate surface area is 96.2 Å². The summed E-state index contributed by atoms with van der Waals surface area (Å²) in [6.07, 6.45) is 3.35. The van der Waals surface area contributed by atoms with Gasteiger partial charge in [0.15, 0.2) is 0 Å². The van der Waals surface area contributed by atoms with Crippen molar-refractivity contribution in [2.75, 3.05) is 0 Å². The van der Waals surface area contributed by atoms with E-state index in [1.54, 1.807) is 0 Å². The zero-order chi connectivity index (χ0) is 11.5. The number of aromatic nitrogens is 2. The molecule has 0 bridgehead atoms. The van der Waals surface area contributed by atoms with Crippen LogP contribution in [0.2, 0.25) is 0 Å². The Morgan fingerprint density at radius 3 is 2.88 bits per heavy atom. The third-order valence-electron chi connectivity index (χ3n) is 3.01. The van der Waals surface area contributed by atoms with E-state index in [2.05, 4.69) is 24.2 Å². The molecular formula is C13H19N3. The van der Waals surface area contributed by atoms with E-state index in [1.807, 2.05) is 23.9 Å². The summed E-state index contributed by atoms with van der Waals surface area (Å²) in [6.45, 7) is 2.18. The number of hydrogen-bond acceptors (Lipinski definition) is 2. The Hall–Kier alpha value is -1.35. The van der Waals surface area contributed by atoms with Crippen molar-refractivity contribution in [3.8, 4) is 0 Å². The molecule has 3 nitrogen and oxygen atoms in total. The van der Waals surface area contributed by atoms with Gasteiger partial charge in [-0.25, -0.2) is 0 Å². The molecule has 0 aliphatic heterocycles. The number of para-hydroxylation sites is 1. The number of rotatable bonds is 4. The van der Waals surface area contributed by atoms with Crippen LogP contribution < -0.4 is 5.73 Å². The lowest BCUT2D eigenvalue weighted by atomic mass is 10.0. The van der Waals surface area contributed by atoms with Gasteiger partial charge in [-0.2, -0.15) is 5.10 Å². The van der Waals surface area contributed by atoms with Gasteiger partial charge in [0.1, 0.15) is 0 Å². The van der Waals surface area contributed by atoms with Gasteiger partial charge in [-0.05, 0) is 12.5 Å². The van der Waals surface area contributed by atoms with Crippen LogP contribution in [0.4, 0.5) is 0 Å². The Morgan fingerprint density at radius 1 is 1.38 bits per heavy atom. The molecule has 0 aliphatic carbocycles. The highest BCUT2D eigenvalue weighted by molar-refractivity contribution is 5.82. The van der Waals surface area contributed by atoms with Crippen LogP contribution in [0.25, 0.3) is 10.9 Å². The Morgan fingerprint density at radius 2 is 2.12 bits per heavy atom. The first-order chi connectivity index (χ1) is 7.74. The highest BCUT2D eigenvalue weighted by Gasteiger charge is 2.14. The van der Waals surface area contributed by atoms with Gasteiger partial charge in [0.25, 0.3) is 0 Å². The number of fused-ring (bicyclic) bond motifs is 1. The molecule has 1 heterocycles. The maximum Gasteiger partial charge on any atom is 0.0870 e. The minimum Gasteiger partial charge on any atom is -0.323 e. The van der Waals surface area contributed by atoms with Gasteiger partial charge in [0.05, 0.1) is 11.2 Å². The smallest absolute Gasteiger partial charge is 0.0870 e. The van der Waals surface area contributed by atoms with Crippen molar-refractivity contribution in [2.45, 2.75) is 32.2 Å². The van der Waals surface area contributed by atoms with Crippen molar-refractivity contribution in [3.63, 3.8) is 0 Å². The molecule has 0 fully saturated rings. The quantitative estimate of drug-likeness (QED) is 0.855. The summed E-state index contributed by atoms with van der Waals surface area (Å²) in [7, 11) is 1.97. The number of nitrogens with two attached hydrogens (primary N) is 1. The highest BCUT2D eigenvalue weighted by Crippen LogP contribution is 2.24. The zero-order valence-electron chi connectivity index (χ0n) is 9.98. The fraction of sp³-hybridized carbons (Fsp3) is 0.462. The second kappa shape index (κ2) is 4.66. The molecule has 1 atom stereocenters. The average Bonchev–Trinajstić information content (AvgIpc) is 2.65. The molecule has 86 valence electrons. The van der Waals surface area contributed by atoms with Gasteiger partial charge < -0.3 is 5.73 Å². The third kappa shape index (κ3) is 1.95. The van der Waals surface area contributed by atoms with Crippen molar-refractivity contribution in [3.05, 3.63) is 30.0 Å². The molecule has 0 amide bonds. The van der Waals surface area contributed by atoms with E-state index in [0.29, 0.717) is 0 Å². The van der Waals surface area contributed by atoms with Crippen molar-refractivity contribution in [1.82, 2.24) is 9.78 Å². The fourth-order valence-electron chi connectivity index (χ4n) is 2.08. The lowest BCUT2D eigenvalue weighted by Gasteiger charge is -2.07. The predicted molar refractivity (Wildman–Crippen MR) is 67.2 cm³/mol. The average molecular weight is 217 g/mol. The van der Waals surface area contributed by atoms with E-state index in [4.69, 9.17) is 5.73 Å². The molecular weight excluding hydrogens is 198 g/mol. The molecule has 2 rings (SSSR count). The van der Waals surface area contributed by atoms with Gasteiger partial charge in [-0.1, -0.05) is 38.0 Å². The van der Waals surface area contributed by atoms with Crippen LogP contribution in [0.5, 0.6) is 0 Å². The van der Waals surface area contributed by atoms with Crippen LogP contribution in [0.3, 0.4) is 0 Å². The van der Waals surface area contributed by atoms with Crippen molar-refractivity contribution >= 4 is 10.9 Å². The SMILES string of the molecule is CCCCC(N)c1nn(C)c2ccccc12. The van der Waals surface area contributed by atoms with Crippen LogP contribution >= 0.6 is 0 Å². The molecule has 0 saturated carbocycles. The highest BCUT2D eigenvalue weighted by atomic mass is 15.3. The van der Waals surface area contributed by atoms with E-state index >= 15 is 0 Å². The van der Waals surface area contributed by atoms with E-state index in [1.165, 1.54) is 11.8 Å². The Balaban J connectivity index is 2.37. The lowest BCUT2D eigenvalue weighted by molar-refractivity contribution is 0.582. The molecule has 1 aromatic carbocycles. The van der Waals surface area contributed by atoms with E-state index in [-0.39, 0.29) is 6.04 Å². The Kier molecular flexibility index (Phi) is 3.25. The van der Waals surface area contributed by atoms with Crippen LogP contribution in [-0.4, -0.2) is 9.78 Å². The monoisotopic (exact) mass is 217 g/mol. The number of aryl methyl sites for hydroxylation is 1. The molecule has 2 N–H and O–H groups in total. The molecule has 0 radical (unpaired) electrons. The summed E-state index contributed by atoms with van der Waals surface area (Å²) < 4.78 is 1.91. The lowest BCUT2D eigenvalue weighted by Crippen LogP contribution is -2.11. The van der Waals surface area contributed by atoms with Gasteiger partial charge in [0.2, 0.25) is 0 Å². The van der Waals surface area contributed by atoms with Crippen LogP contribution in [0.1, 0.15) is 37.9 Å². The standard InChI is InChI=1S/C13H19N3/c1-3-4-8-11(14)13-10-7-5-6-9-12(10)16(2)15-13/h5-7,9,11H,3-4,8,14H2,1-2H3. The maximum absolute atomic E-state index is 6.18. The normalized spacial score (nSPS) is 13.2. The summed E-state index contributed by atoms with van der Waals surface area (Å²) in [5.41, 5.74) is 8.38. The molecule has 16 heavy (non-hydrogen) atoms. The van der Waals surface area contributed by atoms with E-state index in [9.17, 15) is 0 Å². The predicted octanol–water partition coefficient (Wildman–Crippen LogP) is 2.76.